The summed E-state index contributed by atoms with van der Waals surface area (Å²) >= 11 is 0. The summed E-state index contributed by atoms with van der Waals surface area (Å²) < 4.78 is 10.7. The van der Waals surface area contributed by atoms with E-state index < -0.39 is 23.5 Å². The summed E-state index contributed by atoms with van der Waals surface area (Å²) in [6.07, 6.45) is -0.00952. The average molecular weight is 347 g/mol. The highest BCUT2D eigenvalue weighted by atomic mass is 16.5. The van der Waals surface area contributed by atoms with Gasteiger partial charge in [-0.25, -0.2) is 9.59 Å². The maximum Gasteiger partial charge on any atom is 0.340 e. The van der Waals surface area contributed by atoms with E-state index in [9.17, 15) is 14.4 Å². The van der Waals surface area contributed by atoms with Crippen molar-refractivity contribution in [2.45, 2.75) is 39.7 Å². The fraction of sp³-hybridized carbons (Fsp3) is 0.389. The number of fused-ring (bicyclic) bond motifs is 1. The van der Waals surface area contributed by atoms with Crippen LogP contribution in [0.2, 0.25) is 0 Å². The zero-order chi connectivity index (χ0) is 18.7. The lowest BCUT2D eigenvalue weighted by Gasteiger charge is -2.14. The van der Waals surface area contributed by atoms with Crippen LogP contribution in [0.15, 0.2) is 21.3 Å². The van der Waals surface area contributed by atoms with Crippen molar-refractivity contribution in [2.24, 2.45) is 0 Å². The third-order valence-electron chi connectivity index (χ3n) is 4.09. The number of hydrogen-bond acceptors (Lipinski definition) is 5. The second kappa shape index (κ2) is 7.38. The van der Waals surface area contributed by atoms with Crippen LogP contribution in [0.25, 0.3) is 11.0 Å². The first-order valence-electron chi connectivity index (χ1n) is 7.91. The molecule has 25 heavy (non-hydrogen) atoms. The number of carboxylic acids is 1. The molecule has 0 fully saturated rings. The smallest absolute Gasteiger partial charge is 0.340 e. The summed E-state index contributed by atoms with van der Waals surface area (Å²) in [5, 5.41) is 12.1. The molecular weight excluding hydrogens is 326 g/mol. The number of carboxylic acid groups (broad SMARTS) is 1. The number of methoxy groups -OCH3 is 1. The van der Waals surface area contributed by atoms with Crippen molar-refractivity contribution >= 4 is 22.8 Å². The number of aliphatic carboxylic acids is 1. The number of carbonyl (C=O) groups excluding carboxylic acids is 1. The van der Waals surface area contributed by atoms with E-state index in [4.69, 9.17) is 14.3 Å². The molecule has 0 unspecified atom stereocenters. The molecule has 2 aromatic rings. The molecule has 2 rings (SSSR count). The molecule has 1 amide bonds. The van der Waals surface area contributed by atoms with Crippen LogP contribution >= 0.6 is 0 Å². The molecule has 0 saturated carbocycles. The lowest BCUT2D eigenvalue weighted by molar-refractivity contribution is -0.141. The van der Waals surface area contributed by atoms with Crippen LogP contribution in [0, 0.1) is 13.8 Å². The van der Waals surface area contributed by atoms with Gasteiger partial charge in [0.25, 0.3) is 0 Å². The van der Waals surface area contributed by atoms with Crippen LogP contribution in [0.3, 0.4) is 0 Å². The number of amides is 1. The quantitative estimate of drug-likeness (QED) is 0.774. The van der Waals surface area contributed by atoms with Gasteiger partial charge in [-0.3, -0.25) is 4.79 Å². The standard InChI is InChI=1S/C18H21NO6/c1-5-12(17(21)22)19-15(20)8-11-10(3)16-13(24-4)6-9(2)7-14(16)25-18(11)23/h6-7,12H,5,8H2,1-4H3,(H,19,20)(H,21,22)/t12-/m1/s1. The second-order valence-electron chi connectivity index (χ2n) is 5.88. The van der Waals surface area contributed by atoms with Crippen molar-refractivity contribution in [2.75, 3.05) is 7.11 Å². The third-order valence-corrected chi connectivity index (χ3v) is 4.09. The number of benzene rings is 1. The highest BCUT2D eigenvalue weighted by Crippen LogP contribution is 2.30. The summed E-state index contributed by atoms with van der Waals surface area (Å²) in [6, 6.07) is 2.56. The first-order chi connectivity index (χ1) is 11.8. The molecule has 0 radical (unpaired) electrons. The van der Waals surface area contributed by atoms with Crippen molar-refractivity contribution < 1.29 is 23.8 Å². The summed E-state index contributed by atoms with van der Waals surface area (Å²) in [7, 11) is 1.52. The van der Waals surface area contributed by atoms with Crippen molar-refractivity contribution in [1.82, 2.24) is 5.32 Å². The SMILES string of the molecule is CC[C@@H](NC(=O)Cc1c(C)c2c(OC)cc(C)cc2oc1=O)C(=O)O. The van der Waals surface area contributed by atoms with Crippen molar-refractivity contribution in [3.63, 3.8) is 0 Å². The van der Waals surface area contributed by atoms with Gasteiger partial charge < -0.3 is 19.6 Å². The van der Waals surface area contributed by atoms with Gasteiger partial charge in [-0.15, -0.1) is 0 Å². The molecule has 1 heterocycles. The maximum absolute atomic E-state index is 12.3. The topological polar surface area (TPSA) is 106 Å². The molecule has 0 aliphatic carbocycles. The molecule has 134 valence electrons. The van der Waals surface area contributed by atoms with E-state index in [1.165, 1.54) is 7.11 Å². The summed E-state index contributed by atoms with van der Waals surface area (Å²) in [6.45, 7) is 5.23. The van der Waals surface area contributed by atoms with Crippen LogP contribution in [0.4, 0.5) is 0 Å². The Morgan fingerprint density at radius 2 is 2.00 bits per heavy atom. The van der Waals surface area contributed by atoms with Gasteiger partial charge in [0.15, 0.2) is 0 Å². The van der Waals surface area contributed by atoms with E-state index in [0.717, 1.165) is 5.56 Å². The fourth-order valence-corrected chi connectivity index (χ4v) is 2.75. The molecule has 0 bridgehead atoms. The zero-order valence-electron chi connectivity index (χ0n) is 14.6. The zero-order valence-corrected chi connectivity index (χ0v) is 14.6. The monoisotopic (exact) mass is 347 g/mol. The highest BCUT2D eigenvalue weighted by molar-refractivity contribution is 5.90. The van der Waals surface area contributed by atoms with Gasteiger partial charge in [0.05, 0.1) is 24.5 Å². The Labute approximate surface area is 144 Å². The molecule has 0 spiro atoms. The van der Waals surface area contributed by atoms with Crippen LogP contribution < -0.4 is 15.7 Å². The predicted octanol–water partition coefficient (Wildman–Crippen LogP) is 1.94. The first kappa shape index (κ1) is 18.5. The minimum atomic E-state index is -1.12. The maximum atomic E-state index is 12.3. The van der Waals surface area contributed by atoms with Gasteiger partial charge in [-0.05, 0) is 43.5 Å². The summed E-state index contributed by atoms with van der Waals surface area (Å²) in [5.41, 5.74) is 1.43. The summed E-state index contributed by atoms with van der Waals surface area (Å²) in [4.78, 5) is 35.5. The van der Waals surface area contributed by atoms with E-state index >= 15 is 0 Å². The number of hydrogen-bond donors (Lipinski definition) is 2. The molecule has 2 N–H and O–H groups in total. The number of ether oxygens (including phenoxy) is 1. The molecule has 0 saturated heterocycles. The minimum absolute atomic E-state index is 0.187. The van der Waals surface area contributed by atoms with Gasteiger partial charge in [0.1, 0.15) is 17.4 Å². The van der Waals surface area contributed by atoms with Gasteiger partial charge in [0.2, 0.25) is 5.91 Å². The molecular formula is C18H21NO6. The Morgan fingerprint density at radius 3 is 2.56 bits per heavy atom. The summed E-state index contributed by atoms with van der Waals surface area (Å²) in [5.74, 6) is -1.11. The number of carbonyl (C=O) groups is 2. The average Bonchev–Trinajstić information content (AvgIpc) is 2.54. The molecule has 1 aromatic heterocycles. The Balaban J connectivity index is 2.45. The number of nitrogens with one attached hydrogen (secondary N) is 1. The lowest BCUT2D eigenvalue weighted by atomic mass is 10.0. The van der Waals surface area contributed by atoms with Gasteiger partial charge in [0, 0.05) is 0 Å². The van der Waals surface area contributed by atoms with Crippen LogP contribution in [-0.4, -0.2) is 30.1 Å². The highest BCUT2D eigenvalue weighted by Gasteiger charge is 2.21. The molecule has 7 nitrogen and oxygen atoms in total. The van der Waals surface area contributed by atoms with E-state index in [1.54, 1.807) is 19.9 Å². The number of aryl methyl sites for hydroxylation is 2. The van der Waals surface area contributed by atoms with Gasteiger partial charge in [-0.1, -0.05) is 6.92 Å². The molecule has 7 heteroatoms. The molecule has 0 aliphatic heterocycles. The van der Waals surface area contributed by atoms with E-state index in [2.05, 4.69) is 5.32 Å². The first-order valence-corrected chi connectivity index (χ1v) is 7.91. The number of rotatable bonds is 6. The van der Waals surface area contributed by atoms with E-state index in [0.29, 0.717) is 22.3 Å². The van der Waals surface area contributed by atoms with Crippen LogP contribution in [0.5, 0.6) is 5.75 Å². The Bertz CT molecular complexity index is 883. The largest absolute Gasteiger partial charge is 0.496 e. The van der Waals surface area contributed by atoms with Crippen molar-refractivity contribution in [3.05, 3.63) is 39.2 Å². The van der Waals surface area contributed by atoms with E-state index in [-0.39, 0.29) is 18.4 Å². The Morgan fingerprint density at radius 1 is 1.32 bits per heavy atom. The van der Waals surface area contributed by atoms with Crippen molar-refractivity contribution in [1.29, 1.82) is 0 Å². The predicted molar refractivity (Wildman–Crippen MR) is 92.1 cm³/mol. The second-order valence-corrected chi connectivity index (χ2v) is 5.88. The normalized spacial score (nSPS) is 12.0. The van der Waals surface area contributed by atoms with E-state index in [1.807, 2.05) is 13.0 Å². The third kappa shape index (κ3) is 3.81. The minimum Gasteiger partial charge on any atom is -0.496 e. The lowest BCUT2D eigenvalue weighted by Crippen LogP contribution is -2.41. The van der Waals surface area contributed by atoms with Gasteiger partial charge in [-0.2, -0.15) is 0 Å². The Hall–Kier alpha value is -2.83. The van der Waals surface area contributed by atoms with Crippen LogP contribution in [0.1, 0.15) is 30.0 Å². The molecule has 0 aliphatic rings. The fourth-order valence-electron chi connectivity index (χ4n) is 2.75. The Kier molecular flexibility index (Phi) is 5.46. The molecule has 1 aromatic carbocycles. The van der Waals surface area contributed by atoms with Gasteiger partial charge >= 0.3 is 11.6 Å². The molecule has 1 atom stereocenters. The van der Waals surface area contributed by atoms with Crippen molar-refractivity contribution in [3.8, 4) is 5.75 Å². The van der Waals surface area contributed by atoms with Crippen LogP contribution in [-0.2, 0) is 16.0 Å².